The molecule has 0 aliphatic heterocycles. The Bertz CT molecular complexity index is 568. The van der Waals surface area contributed by atoms with Crippen molar-refractivity contribution < 1.29 is 9.66 Å². The molecule has 17 heavy (non-hydrogen) atoms. The number of halogens is 1. The molecular formula is C10H8ClN3O3. The van der Waals surface area contributed by atoms with E-state index < -0.39 is 4.92 Å². The van der Waals surface area contributed by atoms with Crippen molar-refractivity contribution in [2.45, 2.75) is 0 Å². The molecule has 0 amide bonds. The van der Waals surface area contributed by atoms with Gasteiger partial charge in [-0.05, 0) is 6.07 Å². The van der Waals surface area contributed by atoms with Gasteiger partial charge in [0.05, 0.1) is 30.0 Å². The zero-order chi connectivity index (χ0) is 12.4. The largest absolute Gasteiger partial charge is 0.494 e. The number of aromatic nitrogens is 2. The van der Waals surface area contributed by atoms with Gasteiger partial charge >= 0.3 is 0 Å². The summed E-state index contributed by atoms with van der Waals surface area (Å²) < 4.78 is 6.68. The molecule has 2 rings (SSSR count). The van der Waals surface area contributed by atoms with Crippen LogP contribution in [-0.4, -0.2) is 21.6 Å². The normalized spacial score (nSPS) is 10.2. The van der Waals surface area contributed by atoms with Crippen LogP contribution in [0.15, 0.2) is 30.7 Å². The Morgan fingerprint density at radius 2 is 2.29 bits per heavy atom. The average Bonchev–Trinajstić information content (AvgIpc) is 2.74. The van der Waals surface area contributed by atoms with E-state index in [1.807, 2.05) is 0 Å². The highest BCUT2D eigenvalue weighted by Gasteiger charge is 2.13. The van der Waals surface area contributed by atoms with Gasteiger partial charge in [0, 0.05) is 6.07 Å². The summed E-state index contributed by atoms with van der Waals surface area (Å²) in [5, 5.41) is 11.0. The summed E-state index contributed by atoms with van der Waals surface area (Å²) in [5.74, 6) is 0.360. The first-order chi connectivity index (χ1) is 8.13. The molecule has 1 aromatic carbocycles. The Balaban J connectivity index is 2.56. The van der Waals surface area contributed by atoms with E-state index in [-0.39, 0.29) is 5.69 Å². The minimum Gasteiger partial charge on any atom is -0.494 e. The first kappa shape index (κ1) is 11.4. The maximum absolute atomic E-state index is 10.6. The predicted octanol–water partition coefficient (Wildman–Crippen LogP) is 2.44. The Kier molecular flexibility index (Phi) is 2.97. The molecule has 0 bridgehead atoms. The third-order valence-corrected chi connectivity index (χ3v) is 2.51. The van der Waals surface area contributed by atoms with Gasteiger partial charge in [-0.2, -0.15) is 0 Å². The van der Waals surface area contributed by atoms with E-state index >= 15 is 0 Å². The van der Waals surface area contributed by atoms with Gasteiger partial charge in [0.25, 0.3) is 5.69 Å². The molecular weight excluding hydrogens is 246 g/mol. The summed E-state index contributed by atoms with van der Waals surface area (Å²) in [7, 11) is 1.44. The fourth-order valence-corrected chi connectivity index (χ4v) is 1.63. The van der Waals surface area contributed by atoms with Crippen molar-refractivity contribution in [2.75, 3.05) is 7.11 Å². The molecule has 2 aromatic rings. The van der Waals surface area contributed by atoms with Crippen LogP contribution in [-0.2, 0) is 0 Å². The van der Waals surface area contributed by atoms with Crippen LogP contribution in [0.2, 0.25) is 5.15 Å². The van der Waals surface area contributed by atoms with Crippen molar-refractivity contribution in [1.82, 2.24) is 9.55 Å². The minimum absolute atomic E-state index is 0.0400. The SMILES string of the molecule is COc1cc([N+](=O)[O-])ccc1-n1cncc1Cl. The number of nitrogens with zero attached hydrogens (tertiary/aromatic N) is 3. The minimum atomic E-state index is -0.484. The Morgan fingerprint density at radius 3 is 2.82 bits per heavy atom. The quantitative estimate of drug-likeness (QED) is 0.622. The molecule has 0 fully saturated rings. The van der Waals surface area contributed by atoms with Crippen LogP contribution < -0.4 is 4.74 Å². The van der Waals surface area contributed by atoms with Crippen LogP contribution in [0.1, 0.15) is 0 Å². The second-order valence-electron chi connectivity index (χ2n) is 3.20. The van der Waals surface area contributed by atoms with E-state index in [2.05, 4.69) is 4.98 Å². The molecule has 0 saturated heterocycles. The van der Waals surface area contributed by atoms with Crippen molar-refractivity contribution in [1.29, 1.82) is 0 Å². The van der Waals surface area contributed by atoms with Crippen molar-refractivity contribution in [3.8, 4) is 11.4 Å². The summed E-state index contributed by atoms with van der Waals surface area (Å²) in [6.07, 6.45) is 2.98. The zero-order valence-electron chi connectivity index (χ0n) is 8.83. The molecule has 0 saturated carbocycles. The lowest BCUT2D eigenvalue weighted by Crippen LogP contribution is -1.98. The van der Waals surface area contributed by atoms with E-state index in [4.69, 9.17) is 16.3 Å². The second-order valence-corrected chi connectivity index (χ2v) is 3.59. The molecule has 1 aromatic heterocycles. The highest BCUT2D eigenvalue weighted by molar-refractivity contribution is 6.29. The average molecular weight is 254 g/mol. The van der Waals surface area contributed by atoms with Gasteiger partial charge in [0.15, 0.2) is 0 Å². The number of ether oxygens (including phenoxy) is 1. The monoisotopic (exact) mass is 253 g/mol. The molecule has 88 valence electrons. The molecule has 0 atom stereocenters. The van der Waals surface area contributed by atoms with Gasteiger partial charge in [0.2, 0.25) is 0 Å². The summed E-state index contributed by atoms with van der Waals surface area (Å²) in [5.41, 5.74) is 0.558. The van der Waals surface area contributed by atoms with Gasteiger partial charge in [0.1, 0.15) is 17.2 Å². The highest BCUT2D eigenvalue weighted by atomic mass is 35.5. The lowest BCUT2D eigenvalue weighted by Gasteiger charge is -2.09. The van der Waals surface area contributed by atoms with Gasteiger partial charge in [-0.1, -0.05) is 11.6 Å². The number of nitro groups is 1. The smallest absolute Gasteiger partial charge is 0.273 e. The number of benzene rings is 1. The van der Waals surface area contributed by atoms with Crippen LogP contribution in [0.25, 0.3) is 5.69 Å². The van der Waals surface area contributed by atoms with Crippen molar-refractivity contribution in [3.05, 3.63) is 46.0 Å². The lowest BCUT2D eigenvalue weighted by molar-refractivity contribution is -0.384. The van der Waals surface area contributed by atoms with Gasteiger partial charge in [-0.3, -0.25) is 14.7 Å². The molecule has 0 N–H and O–H groups in total. The summed E-state index contributed by atoms with van der Waals surface area (Å²) >= 11 is 5.92. The van der Waals surface area contributed by atoms with E-state index in [1.165, 1.54) is 31.8 Å². The van der Waals surface area contributed by atoms with Crippen LogP contribution in [0.5, 0.6) is 5.75 Å². The molecule has 0 radical (unpaired) electrons. The predicted molar refractivity (Wildman–Crippen MR) is 61.8 cm³/mol. The molecule has 1 heterocycles. The molecule has 6 nitrogen and oxygen atoms in total. The number of hydrogen-bond donors (Lipinski definition) is 0. The van der Waals surface area contributed by atoms with Crippen LogP contribution in [0.4, 0.5) is 5.69 Å². The van der Waals surface area contributed by atoms with E-state index in [1.54, 1.807) is 10.6 Å². The fourth-order valence-electron chi connectivity index (χ4n) is 1.44. The molecule has 0 spiro atoms. The number of methoxy groups -OCH3 is 1. The molecule has 0 aliphatic rings. The van der Waals surface area contributed by atoms with E-state index in [9.17, 15) is 10.1 Å². The standard InChI is InChI=1S/C10H8ClN3O3/c1-17-9-4-7(14(15)16)2-3-8(9)13-6-12-5-10(13)11/h2-6H,1H3. The fraction of sp³-hybridized carbons (Fsp3) is 0.100. The van der Waals surface area contributed by atoms with E-state index in [0.29, 0.717) is 16.6 Å². The second kappa shape index (κ2) is 4.42. The van der Waals surface area contributed by atoms with Crippen molar-refractivity contribution >= 4 is 17.3 Å². The number of nitro benzene ring substituents is 1. The lowest BCUT2D eigenvalue weighted by atomic mass is 10.2. The summed E-state index contributed by atoms with van der Waals surface area (Å²) in [4.78, 5) is 14.0. The number of imidazole rings is 1. The van der Waals surface area contributed by atoms with E-state index in [0.717, 1.165) is 0 Å². The first-order valence-electron chi connectivity index (χ1n) is 4.64. The number of hydrogen-bond acceptors (Lipinski definition) is 4. The number of rotatable bonds is 3. The van der Waals surface area contributed by atoms with Crippen LogP contribution in [0.3, 0.4) is 0 Å². The summed E-state index contributed by atoms with van der Waals surface area (Å²) in [6.45, 7) is 0. The van der Waals surface area contributed by atoms with Gasteiger partial charge in [-0.15, -0.1) is 0 Å². The third-order valence-electron chi connectivity index (χ3n) is 2.23. The third kappa shape index (κ3) is 2.07. The maximum Gasteiger partial charge on any atom is 0.273 e. The summed E-state index contributed by atoms with van der Waals surface area (Å²) in [6, 6.07) is 4.28. The highest BCUT2D eigenvalue weighted by Crippen LogP contribution is 2.29. The maximum atomic E-state index is 10.6. The van der Waals surface area contributed by atoms with Crippen LogP contribution in [0, 0.1) is 10.1 Å². The van der Waals surface area contributed by atoms with Gasteiger partial charge in [-0.25, -0.2) is 4.98 Å². The van der Waals surface area contributed by atoms with Crippen LogP contribution >= 0.6 is 11.6 Å². The van der Waals surface area contributed by atoms with Crippen molar-refractivity contribution in [2.24, 2.45) is 0 Å². The van der Waals surface area contributed by atoms with Gasteiger partial charge < -0.3 is 4.74 Å². The first-order valence-corrected chi connectivity index (χ1v) is 5.02. The molecule has 0 aliphatic carbocycles. The van der Waals surface area contributed by atoms with Crippen molar-refractivity contribution in [3.63, 3.8) is 0 Å². The molecule has 7 heteroatoms. The zero-order valence-corrected chi connectivity index (χ0v) is 9.59. The Labute approximate surface area is 102 Å². The molecule has 0 unspecified atom stereocenters. The topological polar surface area (TPSA) is 70.2 Å². The Morgan fingerprint density at radius 1 is 1.53 bits per heavy atom. The Hall–Kier alpha value is -2.08. The number of non-ortho nitro benzene ring substituents is 1.